The lowest BCUT2D eigenvalue weighted by Crippen LogP contribution is -2.27. The fourth-order valence-electron chi connectivity index (χ4n) is 3.70. The molecule has 0 aliphatic carbocycles. The number of phenolic OH excluding ortho intramolecular Hbond substituents is 1. The van der Waals surface area contributed by atoms with Crippen LogP contribution in [0.2, 0.25) is 0 Å². The third kappa shape index (κ3) is 4.59. The Kier molecular flexibility index (Phi) is 6.39. The molecule has 2 aromatic carbocycles. The number of aromatic nitrogens is 2. The Morgan fingerprint density at radius 3 is 2.22 bits per heavy atom. The highest BCUT2D eigenvalue weighted by molar-refractivity contribution is 5.94. The molecular weight excluding hydrogens is 408 g/mol. The van der Waals surface area contributed by atoms with Gasteiger partial charge in [-0.2, -0.15) is 9.97 Å². The molecule has 0 atom stereocenters. The molecule has 3 aromatic rings. The van der Waals surface area contributed by atoms with Crippen molar-refractivity contribution in [2.45, 2.75) is 19.4 Å². The third-order valence-electron chi connectivity index (χ3n) is 5.47. The molecule has 1 aliphatic heterocycles. The van der Waals surface area contributed by atoms with Gasteiger partial charge in [0.1, 0.15) is 5.75 Å². The summed E-state index contributed by atoms with van der Waals surface area (Å²) in [6.07, 6.45) is 2.10. The van der Waals surface area contributed by atoms with Crippen LogP contribution in [0.3, 0.4) is 0 Å². The quantitative estimate of drug-likeness (QED) is 0.605. The zero-order valence-corrected chi connectivity index (χ0v) is 18.2. The van der Waals surface area contributed by atoms with Crippen molar-refractivity contribution >= 4 is 17.5 Å². The molecule has 8 heteroatoms. The Labute approximate surface area is 187 Å². The number of nitrogens with zero attached hydrogens (tertiary/aromatic N) is 4. The largest absolute Gasteiger partial charge is 0.508 e. The number of aromatic hydroxyl groups is 1. The number of phenols is 1. The number of ether oxygens (including phenoxy) is 2. The van der Waals surface area contributed by atoms with E-state index in [-0.39, 0.29) is 11.7 Å². The fraction of sp³-hybridized carbons (Fsp3) is 0.292. The number of hydrogen-bond acceptors (Lipinski definition) is 7. The van der Waals surface area contributed by atoms with Gasteiger partial charge in [0.15, 0.2) is 0 Å². The standard InChI is InChI=1S/C24H26N4O4/c1-31-21-15-22(32-2)26-24(25-21)28(16-18-7-3-4-8-20(18)29)19-11-9-17(10-12-19)23(30)27-13-5-6-14-27/h3-4,7-12,15,29H,5-6,13-14,16H2,1-2H3. The normalized spacial score (nSPS) is 13.1. The van der Waals surface area contributed by atoms with E-state index in [1.807, 2.05) is 46.2 Å². The zero-order valence-electron chi connectivity index (χ0n) is 18.2. The molecular formula is C24H26N4O4. The summed E-state index contributed by atoms with van der Waals surface area (Å²) in [7, 11) is 3.05. The van der Waals surface area contributed by atoms with Crippen LogP contribution in [0.1, 0.15) is 28.8 Å². The molecule has 0 saturated carbocycles. The van der Waals surface area contributed by atoms with Gasteiger partial charge in [0.2, 0.25) is 17.7 Å². The van der Waals surface area contributed by atoms with Crippen LogP contribution >= 0.6 is 0 Å². The number of carbonyl (C=O) groups is 1. The number of benzene rings is 2. The first-order valence-corrected chi connectivity index (χ1v) is 10.5. The first-order valence-electron chi connectivity index (χ1n) is 10.5. The van der Waals surface area contributed by atoms with Crippen molar-refractivity contribution in [3.63, 3.8) is 0 Å². The van der Waals surface area contributed by atoms with E-state index < -0.39 is 0 Å². The lowest BCUT2D eigenvalue weighted by atomic mass is 10.1. The highest BCUT2D eigenvalue weighted by Gasteiger charge is 2.21. The van der Waals surface area contributed by atoms with Gasteiger partial charge in [0.05, 0.1) is 26.8 Å². The highest BCUT2D eigenvalue weighted by atomic mass is 16.5. The maximum absolute atomic E-state index is 12.7. The van der Waals surface area contributed by atoms with E-state index in [0.29, 0.717) is 35.4 Å². The number of anilines is 2. The average molecular weight is 434 g/mol. The van der Waals surface area contributed by atoms with E-state index in [1.54, 1.807) is 18.2 Å². The van der Waals surface area contributed by atoms with Crippen molar-refractivity contribution in [3.8, 4) is 17.5 Å². The molecule has 8 nitrogen and oxygen atoms in total. The molecule has 1 amide bonds. The van der Waals surface area contributed by atoms with Crippen molar-refractivity contribution in [2.24, 2.45) is 0 Å². The fourth-order valence-corrected chi connectivity index (χ4v) is 3.70. The first kappa shape index (κ1) is 21.4. The number of carbonyl (C=O) groups excluding carboxylic acids is 1. The smallest absolute Gasteiger partial charge is 0.253 e. The second kappa shape index (κ2) is 9.55. The van der Waals surface area contributed by atoms with Gasteiger partial charge in [-0.25, -0.2) is 0 Å². The van der Waals surface area contributed by atoms with E-state index >= 15 is 0 Å². The summed E-state index contributed by atoms with van der Waals surface area (Å²) >= 11 is 0. The van der Waals surface area contributed by atoms with Crippen molar-refractivity contribution in [1.82, 2.24) is 14.9 Å². The van der Waals surface area contributed by atoms with Crippen LogP contribution < -0.4 is 14.4 Å². The predicted molar refractivity (Wildman–Crippen MR) is 121 cm³/mol. The summed E-state index contributed by atoms with van der Waals surface area (Å²) in [5.41, 5.74) is 2.11. The van der Waals surface area contributed by atoms with Gasteiger partial charge in [-0.1, -0.05) is 18.2 Å². The first-order chi connectivity index (χ1) is 15.6. The molecule has 32 heavy (non-hydrogen) atoms. The van der Waals surface area contributed by atoms with Gasteiger partial charge in [-0.05, 0) is 43.2 Å². The van der Waals surface area contributed by atoms with Gasteiger partial charge >= 0.3 is 0 Å². The van der Waals surface area contributed by atoms with Crippen molar-refractivity contribution in [3.05, 3.63) is 65.7 Å². The minimum Gasteiger partial charge on any atom is -0.508 e. The Morgan fingerprint density at radius 2 is 1.62 bits per heavy atom. The molecule has 0 spiro atoms. The maximum atomic E-state index is 12.7. The van der Waals surface area contributed by atoms with Crippen molar-refractivity contribution in [2.75, 3.05) is 32.2 Å². The molecule has 1 aliphatic rings. The minimum atomic E-state index is 0.0422. The lowest BCUT2D eigenvalue weighted by Gasteiger charge is -2.24. The summed E-state index contributed by atoms with van der Waals surface area (Å²) in [4.78, 5) is 25.4. The Hall–Kier alpha value is -3.81. The topological polar surface area (TPSA) is 88.0 Å². The van der Waals surface area contributed by atoms with Crippen LogP contribution in [0.5, 0.6) is 17.5 Å². The summed E-state index contributed by atoms with van der Waals surface area (Å²) < 4.78 is 10.6. The number of para-hydroxylation sites is 1. The van der Waals surface area contributed by atoms with Crippen LogP contribution in [-0.2, 0) is 6.54 Å². The number of hydrogen-bond donors (Lipinski definition) is 1. The van der Waals surface area contributed by atoms with Gasteiger partial charge in [0, 0.05) is 29.9 Å². The molecule has 1 fully saturated rings. The molecule has 0 unspecified atom stereocenters. The Morgan fingerprint density at radius 1 is 1.00 bits per heavy atom. The van der Waals surface area contributed by atoms with Gasteiger partial charge in [0.25, 0.3) is 5.91 Å². The molecule has 1 N–H and O–H groups in total. The molecule has 0 bridgehead atoms. The summed E-state index contributed by atoms with van der Waals surface area (Å²) in [6.45, 7) is 1.91. The van der Waals surface area contributed by atoms with E-state index in [1.165, 1.54) is 14.2 Å². The van der Waals surface area contributed by atoms with Crippen LogP contribution in [-0.4, -0.2) is 53.2 Å². The number of rotatable bonds is 7. The number of methoxy groups -OCH3 is 2. The number of likely N-dealkylation sites (tertiary alicyclic amines) is 1. The SMILES string of the molecule is COc1cc(OC)nc(N(Cc2ccccc2O)c2ccc(C(=O)N3CCCC3)cc2)n1. The molecule has 1 aromatic heterocycles. The molecule has 2 heterocycles. The van der Waals surface area contributed by atoms with E-state index in [2.05, 4.69) is 9.97 Å². The van der Waals surface area contributed by atoms with Gasteiger partial charge in [-0.15, -0.1) is 0 Å². The maximum Gasteiger partial charge on any atom is 0.253 e. The Bertz CT molecular complexity index is 1060. The van der Waals surface area contributed by atoms with E-state index in [9.17, 15) is 9.90 Å². The van der Waals surface area contributed by atoms with Gasteiger partial charge < -0.3 is 24.4 Å². The van der Waals surface area contributed by atoms with Crippen molar-refractivity contribution < 1.29 is 19.4 Å². The summed E-state index contributed by atoms with van der Waals surface area (Å²) in [5.74, 6) is 1.28. The Balaban J connectivity index is 1.71. The molecule has 4 rings (SSSR count). The second-order valence-corrected chi connectivity index (χ2v) is 7.51. The van der Waals surface area contributed by atoms with E-state index in [0.717, 1.165) is 31.6 Å². The van der Waals surface area contributed by atoms with Crippen LogP contribution in [0.4, 0.5) is 11.6 Å². The minimum absolute atomic E-state index is 0.0422. The zero-order chi connectivity index (χ0) is 22.5. The second-order valence-electron chi connectivity index (χ2n) is 7.51. The monoisotopic (exact) mass is 434 g/mol. The molecule has 166 valence electrons. The predicted octanol–water partition coefficient (Wildman–Crippen LogP) is 3.77. The summed E-state index contributed by atoms with van der Waals surface area (Å²) in [5, 5.41) is 10.3. The lowest BCUT2D eigenvalue weighted by molar-refractivity contribution is 0.0793. The van der Waals surface area contributed by atoms with Crippen LogP contribution in [0, 0.1) is 0 Å². The molecule has 1 saturated heterocycles. The average Bonchev–Trinajstić information content (AvgIpc) is 3.38. The van der Waals surface area contributed by atoms with Crippen LogP contribution in [0.15, 0.2) is 54.6 Å². The van der Waals surface area contributed by atoms with E-state index in [4.69, 9.17) is 9.47 Å². The molecule has 0 radical (unpaired) electrons. The third-order valence-corrected chi connectivity index (χ3v) is 5.47. The number of amides is 1. The van der Waals surface area contributed by atoms with Crippen LogP contribution in [0.25, 0.3) is 0 Å². The summed E-state index contributed by atoms with van der Waals surface area (Å²) in [6, 6.07) is 16.0. The highest BCUT2D eigenvalue weighted by Crippen LogP contribution is 2.31. The van der Waals surface area contributed by atoms with Gasteiger partial charge in [-0.3, -0.25) is 4.79 Å². The van der Waals surface area contributed by atoms with Crippen molar-refractivity contribution in [1.29, 1.82) is 0 Å².